The van der Waals surface area contributed by atoms with Gasteiger partial charge >= 0.3 is 0 Å². The Balaban J connectivity index is 1.42. The molecule has 1 fully saturated rings. The molecule has 29 heavy (non-hydrogen) atoms. The summed E-state index contributed by atoms with van der Waals surface area (Å²) in [5.74, 6) is 0.712. The average molecular weight is 393 g/mol. The summed E-state index contributed by atoms with van der Waals surface area (Å²) in [5.41, 5.74) is 2.44. The maximum atomic E-state index is 13.5. The molecule has 2 aromatic carbocycles. The molecule has 0 N–H and O–H groups in total. The number of para-hydroxylation sites is 1. The number of piperidine rings is 1. The standard InChI is InChI=1S/C23H24FN3O2/c1-2-29-22-9-4-3-8-21(22)23(28)26-12-10-17(11-13-26)18-15-25-27(16-18)20-7-5-6-19(24)14-20/h3-9,14-17H,2,10-13H2,1H3. The third-order valence-corrected chi connectivity index (χ3v) is 5.35. The highest BCUT2D eigenvalue weighted by atomic mass is 19.1. The molecule has 0 spiro atoms. The van der Waals surface area contributed by atoms with E-state index in [0.717, 1.165) is 18.4 Å². The van der Waals surface area contributed by atoms with Crippen LogP contribution < -0.4 is 4.74 Å². The summed E-state index contributed by atoms with van der Waals surface area (Å²) in [5, 5.41) is 4.39. The molecule has 5 nitrogen and oxygen atoms in total. The third kappa shape index (κ3) is 4.16. The molecule has 1 aliphatic heterocycles. The van der Waals surface area contributed by atoms with E-state index in [2.05, 4.69) is 5.10 Å². The molecular formula is C23H24FN3O2. The number of likely N-dealkylation sites (tertiary alicyclic amines) is 1. The van der Waals surface area contributed by atoms with Gasteiger partial charge in [0, 0.05) is 19.3 Å². The quantitative estimate of drug-likeness (QED) is 0.644. The molecule has 3 aromatic rings. The minimum Gasteiger partial charge on any atom is -0.493 e. The van der Waals surface area contributed by atoms with E-state index in [-0.39, 0.29) is 11.7 Å². The van der Waals surface area contributed by atoms with Crippen LogP contribution in [0.25, 0.3) is 5.69 Å². The number of carbonyl (C=O) groups is 1. The van der Waals surface area contributed by atoms with Crippen LogP contribution in [0, 0.1) is 5.82 Å². The molecular weight excluding hydrogens is 369 g/mol. The number of aromatic nitrogens is 2. The molecule has 0 unspecified atom stereocenters. The van der Waals surface area contributed by atoms with Gasteiger partial charge in [0.25, 0.3) is 5.91 Å². The van der Waals surface area contributed by atoms with Crippen molar-refractivity contribution in [3.8, 4) is 11.4 Å². The van der Waals surface area contributed by atoms with E-state index in [4.69, 9.17) is 4.74 Å². The number of rotatable bonds is 5. The van der Waals surface area contributed by atoms with Crippen molar-refractivity contribution in [2.75, 3.05) is 19.7 Å². The lowest BCUT2D eigenvalue weighted by atomic mass is 9.91. The van der Waals surface area contributed by atoms with Gasteiger partial charge in [-0.3, -0.25) is 4.79 Å². The first kappa shape index (κ1) is 19.2. The number of ether oxygens (including phenoxy) is 1. The van der Waals surface area contributed by atoms with E-state index in [1.165, 1.54) is 12.1 Å². The fraction of sp³-hybridized carbons (Fsp3) is 0.304. The Morgan fingerprint density at radius 2 is 1.97 bits per heavy atom. The molecule has 1 aliphatic rings. The van der Waals surface area contributed by atoms with Gasteiger partial charge in [-0.2, -0.15) is 5.10 Å². The van der Waals surface area contributed by atoms with Crippen molar-refractivity contribution in [1.82, 2.24) is 14.7 Å². The maximum absolute atomic E-state index is 13.5. The van der Waals surface area contributed by atoms with Crippen molar-refractivity contribution in [2.45, 2.75) is 25.7 Å². The summed E-state index contributed by atoms with van der Waals surface area (Å²) >= 11 is 0. The van der Waals surface area contributed by atoms with Crippen molar-refractivity contribution in [3.05, 3.63) is 77.9 Å². The number of hydrogen-bond acceptors (Lipinski definition) is 3. The predicted molar refractivity (Wildman–Crippen MR) is 109 cm³/mol. The Hall–Kier alpha value is -3.15. The monoisotopic (exact) mass is 393 g/mol. The van der Waals surface area contributed by atoms with Crippen LogP contribution in [0.3, 0.4) is 0 Å². The Morgan fingerprint density at radius 3 is 2.72 bits per heavy atom. The number of hydrogen-bond donors (Lipinski definition) is 0. The van der Waals surface area contributed by atoms with E-state index >= 15 is 0 Å². The molecule has 0 radical (unpaired) electrons. The zero-order valence-corrected chi connectivity index (χ0v) is 16.4. The highest BCUT2D eigenvalue weighted by Gasteiger charge is 2.26. The Bertz CT molecular complexity index is 993. The molecule has 150 valence electrons. The molecule has 0 bridgehead atoms. The van der Waals surface area contributed by atoms with Crippen LogP contribution in [0.5, 0.6) is 5.75 Å². The molecule has 1 saturated heterocycles. The average Bonchev–Trinajstić information content (AvgIpc) is 3.24. The summed E-state index contributed by atoms with van der Waals surface area (Å²) in [4.78, 5) is 14.8. The lowest BCUT2D eigenvalue weighted by Gasteiger charge is -2.32. The second kappa shape index (κ2) is 8.47. The molecule has 6 heteroatoms. The van der Waals surface area contributed by atoms with Gasteiger partial charge in [0.1, 0.15) is 11.6 Å². The van der Waals surface area contributed by atoms with Gasteiger partial charge < -0.3 is 9.64 Å². The zero-order valence-electron chi connectivity index (χ0n) is 16.4. The lowest BCUT2D eigenvalue weighted by molar-refractivity contribution is 0.0709. The Kier molecular flexibility index (Phi) is 5.60. The van der Waals surface area contributed by atoms with Gasteiger partial charge in [0.05, 0.1) is 24.1 Å². The van der Waals surface area contributed by atoms with Crippen LogP contribution in [0.15, 0.2) is 60.9 Å². The summed E-state index contributed by atoms with van der Waals surface area (Å²) in [7, 11) is 0. The van der Waals surface area contributed by atoms with Crippen LogP contribution in [0.4, 0.5) is 4.39 Å². The van der Waals surface area contributed by atoms with Gasteiger partial charge in [0.15, 0.2) is 0 Å². The molecule has 0 aliphatic carbocycles. The predicted octanol–water partition coefficient (Wildman–Crippen LogP) is 4.43. The summed E-state index contributed by atoms with van der Waals surface area (Å²) in [6.45, 7) is 3.82. The van der Waals surface area contributed by atoms with Gasteiger partial charge in [-0.1, -0.05) is 18.2 Å². The molecule has 0 atom stereocenters. The SMILES string of the molecule is CCOc1ccccc1C(=O)N1CCC(c2cnn(-c3cccc(F)c3)c2)CC1. The fourth-order valence-electron chi connectivity index (χ4n) is 3.82. The highest BCUT2D eigenvalue weighted by Crippen LogP contribution is 2.30. The van der Waals surface area contributed by atoms with Crippen LogP contribution in [-0.4, -0.2) is 40.3 Å². The molecule has 4 rings (SSSR count). The molecule has 1 amide bonds. The van der Waals surface area contributed by atoms with E-state index < -0.39 is 0 Å². The Labute approximate surface area is 169 Å². The summed E-state index contributed by atoms with van der Waals surface area (Å²) < 4.78 is 20.8. The van der Waals surface area contributed by atoms with Crippen LogP contribution in [0.1, 0.15) is 41.6 Å². The van der Waals surface area contributed by atoms with Gasteiger partial charge in [-0.15, -0.1) is 0 Å². The van der Waals surface area contributed by atoms with Gasteiger partial charge in [-0.05, 0) is 61.6 Å². The third-order valence-electron chi connectivity index (χ3n) is 5.35. The Morgan fingerprint density at radius 1 is 1.17 bits per heavy atom. The largest absolute Gasteiger partial charge is 0.493 e. The lowest BCUT2D eigenvalue weighted by Crippen LogP contribution is -2.38. The number of halogens is 1. The minimum absolute atomic E-state index is 0.0166. The number of carbonyl (C=O) groups excluding carboxylic acids is 1. The second-order valence-electron chi connectivity index (χ2n) is 7.19. The van der Waals surface area contributed by atoms with Crippen LogP contribution in [-0.2, 0) is 0 Å². The molecule has 2 heterocycles. The first-order valence-electron chi connectivity index (χ1n) is 9.97. The molecule has 1 aromatic heterocycles. The van der Waals surface area contributed by atoms with Crippen molar-refractivity contribution in [2.24, 2.45) is 0 Å². The number of benzene rings is 2. The van der Waals surface area contributed by atoms with Gasteiger partial charge in [0.2, 0.25) is 0 Å². The van der Waals surface area contributed by atoms with Crippen molar-refractivity contribution in [3.63, 3.8) is 0 Å². The first-order chi connectivity index (χ1) is 14.2. The van der Waals surface area contributed by atoms with E-state index in [9.17, 15) is 9.18 Å². The number of amides is 1. The summed E-state index contributed by atoms with van der Waals surface area (Å²) in [6.07, 6.45) is 5.55. The second-order valence-corrected chi connectivity index (χ2v) is 7.19. The highest BCUT2D eigenvalue weighted by molar-refractivity contribution is 5.97. The topological polar surface area (TPSA) is 47.4 Å². The van der Waals surface area contributed by atoms with Crippen molar-refractivity contribution in [1.29, 1.82) is 0 Å². The van der Waals surface area contributed by atoms with Crippen molar-refractivity contribution < 1.29 is 13.9 Å². The maximum Gasteiger partial charge on any atom is 0.257 e. The van der Waals surface area contributed by atoms with E-state index in [0.29, 0.717) is 42.6 Å². The first-order valence-corrected chi connectivity index (χ1v) is 9.97. The van der Waals surface area contributed by atoms with E-state index in [1.54, 1.807) is 10.7 Å². The number of nitrogens with zero attached hydrogens (tertiary/aromatic N) is 3. The van der Waals surface area contributed by atoms with Gasteiger partial charge in [-0.25, -0.2) is 9.07 Å². The normalized spacial score (nSPS) is 14.8. The molecule has 0 saturated carbocycles. The summed E-state index contributed by atoms with van der Waals surface area (Å²) in [6, 6.07) is 13.8. The van der Waals surface area contributed by atoms with Crippen LogP contribution >= 0.6 is 0 Å². The van der Waals surface area contributed by atoms with Crippen LogP contribution in [0.2, 0.25) is 0 Å². The van der Waals surface area contributed by atoms with Crippen molar-refractivity contribution >= 4 is 5.91 Å². The zero-order chi connectivity index (χ0) is 20.2. The minimum atomic E-state index is -0.279. The van der Waals surface area contributed by atoms with E-state index in [1.807, 2.05) is 54.5 Å². The fourth-order valence-corrected chi connectivity index (χ4v) is 3.82. The smallest absolute Gasteiger partial charge is 0.257 e.